The summed E-state index contributed by atoms with van der Waals surface area (Å²) in [4.78, 5) is 14.7. The normalized spacial score (nSPS) is 25.4. The summed E-state index contributed by atoms with van der Waals surface area (Å²) in [5, 5.41) is 4.77. The van der Waals surface area contributed by atoms with Gasteiger partial charge in [0, 0.05) is 10.5 Å². The molecule has 25 heavy (non-hydrogen) atoms. The first kappa shape index (κ1) is 16.3. The van der Waals surface area contributed by atoms with Gasteiger partial charge in [0.2, 0.25) is 5.66 Å². The van der Waals surface area contributed by atoms with E-state index in [9.17, 15) is 18.0 Å². The lowest BCUT2D eigenvalue weighted by atomic mass is 9.96. The highest BCUT2D eigenvalue weighted by molar-refractivity contribution is 8.00. The third-order valence-corrected chi connectivity index (χ3v) is 5.51. The summed E-state index contributed by atoms with van der Waals surface area (Å²) in [7, 11) is 0. The minimum absolute atomic E-state index is 0.0462. The van der Waals surface area contributed by atoms with Gasteiger partial charge in [0.1, 0.15) is 5.50 Å². The highest BCUT2D eigenvalue weighted by atomic mass is 32.2. The number of halogens is 3. The van der Waals surface area contributed by atoms with Crippen LogP contribution in [0.3, 0.4) is 0 Å². The van der Waals surface area contributed by atoms with Crippen molar-refractivity contribution in [2.24, 2.45) is 0 Å². The molecule has 2 aromatic carbocycles. The van der Waals surface area contributed by atoms with Gasteiger partial charge in [-0.25, -0.2) is 4.79 Å². The van der Waals surface area contributed by atoms with Crippen LogP contribution in [0.25, 0.3) is 0 Å². The number of hydrogen-bond donors (Lipinski definition) is 2. The number of amides is 2. The summed E-state index contributed by atoms with van der Waals surface area (Å²) in [6.45, 7) is 1.79. The average Bonchev–Trinajstić information content (AvgIpc) is 2.92. The Kier molecular flexibility index (Phi) is 3.52. The second-order valence-corrected chi connectivity index (χ2v) is 7.12. The molecule has 0 unspecified atom stereocenters. The molecule has 2 N–H and O–H groups in total. The number of nitrogens with one attached hydrogen (secondary N) is 2. The third kappa shape index (κ3) is 2.39. The number of thioether (sulfide) groups is 1. The van der Waals surface area contributed by atoms with Gasteiger partial charge in [0.05, 0.1) is 5.69 Å². The van der Waals surface area contributed by atoms with Crippen molar-refractivity contribution < 1.29 is 18.0 Å². The summed E-state index contributed by atoms with van der Waals surface area (Å²) in [5.41, 5.74) is -2.08. The molecule has 8 heteroatoms. The molecule has 1 saturated heterocycles. The smallest absolute Gasteiger partial charge is 0.308 e. The van der Waals surface area contributed by atoms with Gasteiger partial charge in [0.15, 0.2) is 0 Å². The second-order valence-electron chi connectivity index (χ2n) is 6.00. The Morgan fingerprint density at radius 1 is 1.12 bits per heavy atom. The minimum Gasteiger partial charge on any atom is -0.308 e. The van der Waals surface area contributed by atoms with E-state index >= 15 is 0 Å². The number of carbonyl (C=O) groups is 1. The standard InChI is InChI=1S/C17H14F3N3OS/c1-10-6-8-11(9-7-10)16(17(18,19)20)21-14(24)23-12-4-2-3-5-13(12)25-15(23)22-16/h2-9,15,22H,1H3,(H,21,24)/t15-,16-/m1/s1. The molecule has 2 aromatic rings. The monoisotopic (exact) mass is 365 g/mol. The average molecular weight is 365 g/mol. The summed E-state index contributed by atoms with van der Waals surface area (Å²) in [5.74, 6) is 0. The van der Waals surface area contributed by atoms with Crippen LogP contribution >= 0.6 is 11.8 Å². The molecule has 0 spiro atoms. The summed E-state index contributed by atoms with van der Waals surface area (Å²) in [6.07, 6.45) is -4.71. The molecule has 1 fully saturated rings. The molecular formula is C17H14F3N3OS. The lowest BCUT2D eigenvalue weighted by molar-refractivity contribution is -0.210. The van der Waals surface area contributed by atoms with E-state index in [1.165, 1.54) is 28.8 Å². The molecule has 0 bridgehead atoms. The number of aryl methyl sites for hydroxylation is 1. The van der Waals surface area contributed by atoms with Crippen molar-refractivity contribution in [2.45, 2.75) is 29.2 Å². The van der Waals surface area contributed by atoms with Crippen molar-refractivity contribution in [1.29, 1.82) is 0 Å². The van der Waals surface area contributed by atoms with Crippen LogP contribution in [0.4, 0.5) is 23.7 Å². The van der Waals surface area contributed by atoms with Gasteiger partial charge in [0.25, 0.3) is 0 Å². The first-order valence-electron chi connectivity index (χ1n) is 7.60. The molecule has 2 heterocycles. The maximum atomic E-state index is 14.0. The number of rotatable bonds is 1. The number of urea groups is 1. The van der Waals surface area contributed by atoms with Crippen LogP contribution in [-0.2, 0) is 5.66 Å². The molecule has 2 aliphatic rings. The largest absolute Gasteiger partial charge is 0.429 e. The summed E-state index contributed by atoms with van der Waals surface area (Å²) >= 11 is 1.19. The number of nitrogens with zero attached hydrogens (tertiary/aromatic N) is 1. The topological polar surface area (TPSA) is 44.4 Å². The van der Waals surface area contributed by atoms with Crippen LogP contribution in [0, 0.1) is 6.92 Å². The van der Waals surface area contributed by atoms with Crippen LogP contribution in [0.15, 0.2) is 53.4 Å². The second kappa shape index (κ2) is 5.40. The van der Waals surface area contributed by atoms with Crippen molar-refractivity contribution >= 4 is 23.5 Å². The minimum atomic E-state index is -4.71. The number of benzene rings is 2. The fraction of sp³-hybridized carbons (Fsp3) is 0.235. The predicted molar refractivity (Wildman–Crippen MR) is 89.1 cm³/mol. The van der Waals surface area contributed by atoms with E-state index in [1.807, 2.05) is 0 Å². The van der Waals surface area contributed by atoms with Crippen LogP contribution in [0.5, 0.6) is 0 Å². The Morgan fingerprint density at radius 2 is 1.80 bits per heavy atom. The number of hydrogen-bond acceptors (Lipinski definition) is 3. The molecule has 2 aliphatic heterocycles. The highest BCUT2D eigenvalue weighted by Crippen LogP contribution is 2.48. The zero-order valence-corrected chi connectivity index (χ0v) is 13.9. The third-order valence-electron chi connectivity index (χ3n) is 4.36. The van der Waals surface area contributed by atoms with Crippen molar-refractivity contribution in [3.63, 3.8) is 0 Å². The van der Waals surface area contributed by atoms with Gasteiger partial charge < -0.3 is 5.32 Å². The first-order valence-corrected chi connectivity index (χ1v) is 8.48. The van der Waals surface area contributed by atoms with E-state index < -0.39 is 23.4 Å². The van der Waals surface area contributed by atoms with Crippen molar-refractivity contribution in [1.82, 2.24) is 10.6 Å². The Hall–Kier alpha value is -2.19. The number of anilines is 1. The lowest BCUT2D eigenvalue weighted by Crippen LogP contribution is -2.75. The SMILES string of the molecule is Cc1ccc([C@@]2(C(F)(F)F)NC(=O)N3c4ccccc4S[C@@H]3N2)cc1. The molecule has 130 valence electrons. The van der Waals surface area contributed by atoms with E-state index in [0.717, 1.165) is 10.5 Å². The molecule has 2 amide bonds. The predicted octanol–water partition coefficient (Wildman–Crippen LogP) is 3.92. The van der Waals surface area contributed by atoms with Gasteiger partial charge in [-0.15, -0.1) is 0 Å². The number of fused-ring (bicyclic) bond motifs is 3. The van der Waals surface area contributed by atoms with E-state index in [1.54, 1.807) is 43.3 Å². The molecule has 4 rings (SSSR count). The molecule has 0 radical (unpaired) electrons. The van der Waals surface area contributed by atoms with Crippen molar-refractivity contribution in [3.8, 4) is 0 Å². The molecule has 0 aromatic heterocycles. The Bertz CT molecular complexity index is 840. The van der Waals surface area contributed by atoms with Crippen LogP contribution in [-0.4, -0.2) is 17.7 Å². The van der Waals surface area contributed by atoms with Gasteiger partial charge in [-0.3, -0.25) is 10.2 Å². The zero-order valence-electron chi connectivity index (χ0n) is 13.1. The summed E-state index contributed by atoms with van der Waals surface area (Å²) in [6, 6.07) is 12.2. The van der Waals surface area contributed by atoms with Crippen molar-refractivity contribution in [3.05, 3.63) is 59.7 Å². The van der Waals surface area contributed by atoms with Gasteiger partial charge in [-0.2, -0.15) is 13.2 Å². The van der Waals surface area contributed by atoms with Gasteiger partial charge in [-0.05, 0) is 19.1 Å². The fourth-order valence-corrected chi connectivity index (χ4v) is 4.32. The van der Waals surface area contributed by atoms with E-state index in [-0.39, 0.29) is 5.56 Å². The van der Waals surface area contributed by atoms with Crippen molar-refractivity contribution in [2.75, 3.05) is 4.90 Å². The molecule has 2 atom stereocenters. The Balaban J connectivity index is 1.79. The highest BCUT2D eigenvalue weighted by Gasteiger charge is 2.62. The summed E-state index contributed by atoms with van der Waals surface area (Å²) < 4.78 is 42.1. The van der Waals surface area contributed by atoms with E-state index in [0.29, 0.717) is 5.69 Å². The maximum Gasteiger partial charge on any atom is 0.429 e. The Labute approximate surface area is 146 Å². The van der Waals surface area contributed by atoms with Gasteiger partial charge >= 0.3 is 12.2 Å². The zero-order chi connectivity index (χ0) is 17.8. The van der Waals surface area contributed by atoms with E-state index in [2.05, 4.69) is 10.6 Å². The van der Waals surface area contributed by atoms with Gasteiger partial charge in [-0.1, -0.05) is 53.7 Å². The van der Waals surface area contributed by atoms with E-state index in [4.69, 9.17) is 0 Å². The molecule has 4 nitrogen and oxygen atoms in total. The molecule has 0 saturated carbocycles. The quantitative estimate of drug-likeness (QED) is 0.805. The van der Waals surface area contributed by atoms with Crippen LogP contribution in [0.1, 0.15) is 11.1 Å². The maximum absolute atomic E-state index is 14.0. The van der Waals surface area contributed by atoms with Crippen LogP contribution in [0.2, 0.25) is 0 Å². The molecule has 0 aliphatic carbocycles. The first-order chi connectivity index (χ1) is 11.8. The number of alkyl halides is 3. The number of carbonyl (C=O) groups excluding carboxylic acids is 1. The lowest BCUT2D eigenvalue weighted by Gasteiger charge is -2.46. The Morgan fingerprint density at radius 3 is 2.48 bits per heavy atom. The fourth-order valence-electron chi connectivity index (χ4n) is 3.08. The van der Waals surface area contributed by atoms with Crippen LogP contribution < -0.4 is 15.5 Å². The number of para-hydroxylation sites is 1. The molecular weight excluding hydrogens is 351 g/mol.